The third-order valence-electron chi connectivity index (χ3n) is 4.80. The first-order chi connectivity index (χ1) is 12.6. The molecule has 2 aromatic rings. The number of carbonyl (C=O) groups excluding carboxylic acids is 2. The van der Waals surface area contributed by atoms with E-state index in [1.807, 2.05) is 24.3 Å². The van der Waals surface area contributed by atoms with E-state index in [1.165, 1.54) is 6.92 Å². The van der Waals surface area contributed by atoms with Gasteiger partial charge < -0.3 is 14.2 Å². The fraction of sp³-hybridized carbons (Fsp3) is 0.333. The van der Waals surface area contributed by atoms with Crippen LogP contribution in [0.2, 0.25) is 0 Å². The highest BCUT2D eigenvalue weighted by atomic mass is 16.6. The van der Waals surface area contributed by atoms with Gasteiger partial charge in [0.15, 0.2) is 17.3 Å². The normalized spacial score (nSPS) is 20.3. The maximum absolute atomic E-state index is 12.3. The van der Waals surface area contributed by atoms with Gasteiger partial charge in [0.2, 0.25) is 0 Å². The summed E-state index contributed by atoms with van der Waals surface area (Å²) in [5.74, 6) is 1.35. The lowest BCUT2D eigenvalue weighted by molar-refractivity contribution is -0.146. The lowest BCUT2D eigenvalue weighted by atomic mass is 10.1. The smallest absolute Gasteiger partial charge is 0.309 e. The second kappa shape index (κ2) is 6.83. The number of ether oxygens (including phenoxy) is 3. The second-order valence-electron chi connectivity index (χ2n) is 6.72. The summed E-state index contributed by atoms with van der Waals surface area (Å²) in [5.41, 5.74) is 2.52. The van der Waals surface area contributed by atoms with Crippen LogP contribution in [0.5, 0.6) is 11.5 Å². The van der Waals surface area contributed by atoms with Crippen LogP contribution in [0, 0.1) is 5.92 Å². The van der Waals surface area contributed by atoms with Crippen molar-refractivity contribution in [2.24, 2.45) is 5.92 Å². The molecule has 0 N–H and O–H groups in total. The van der Waals surface area contributed by atoms with Gasteiger partial charge in [-0.05, 0) is 48.6 Å². The fourth-order valence-corrected chi connectivity index (χ4v) is 3.26. The van der Waals surface area contributed by atoms with Crippen LogP contribution < -0.4 is 9.47 Å². The Morgan fingerprint density at radius 2 is 1.88 bits per heavy atom. The van der Waals surface area contributed by atoms with Crippen LogP contribution in [0.3, 0.4) is 0 Å². The number of hydrogen-bond donors (Lipinski definition) is 0. The Morgan fingerprint density at radius 1 is 1.08 bits per heavy atom. The summed E-state index contributed by atoms with van der Waals surface area (Å²) in [6, 6.07) is 13.0. The van der Waals surface area contributed by atoms with E-state index in [2.05, 4.69) is 0 Å². The highest BCUT2D eigenvalue weighted by Gasteiger charge is 2.45. The molecular formula is C21H20O5. The van der Waals surface area contributed by atoms with Crippen molar-refractivity contribution in [3.8, 4) is 11.5 Å². The van der Waals surface area contributed by atoms with Gasteiger partial charge >= 0.3 is 5.97 Å². The highest BCUT2D eigenvalue weighted by molar-refractivity contribution is 5.94. The van der Waals surface area contributed by atoms with Crippen LogP contribution in [0.1, 0.15) is 40.7 Å². The first-order valence-corrected chi connectivity index (χ1v) is 8.78. The Kier molecular flexibility index (Phi) is 4.37. The van der Waals surface area contributed by atoms with E-state index in [9.17, 15) is 9.59 Å². The van der Waals surface area contributed by atoms with Crippen LogP contribution >= 0.6 is 0 Å². The Bertz CT molecular complexity index is 857. The first-order valence-electron chi connectivity index (χ1n) is 8.78. The molecule has 0 radical (unpaired) electrons. The maximum atomic E-state index is 12.3. The molecule has 1 saturated carbocycles. The summed E-state index contributed by atoms with van der Waals surface area (Å²) in [4.78, 5) is 23.8. The van der Waals surface area contributed by atoms with E-state index >= 15 is 0 Å². The van der Waals surface area contributed by atoms with Gasteiger partial charge in [0, 0.05) is 5.56 Å². The minimum atomic E-state index is -0.196. The first kappa shape index (κ1) is 16.6. The predicted molar refractivity (Wildman–Crippen MR) is 94.5 cm³/mol. The third-order valence-corrected chi connectivity index (χ3v) is 4.80. The number of hydrogen-bond acceptors (Lipinski definition) is 5. The van der Waals surface area contributed by atoms with Crippen molar-refractivity contribution in [1.29, 1.82) is 0 Å². The van der Waals surface area contributed by atoms with Crippen molar-refractivity contribution in [2.75, 3.05) is 13.2 Å². The molecule has 1 fully saturated rings. The molecule has 1 heterocycles. The minimum absolute atomic E-state index is 0.000887. The van der Waals surface area contributed by atoms with Crippen LogP contribution in [-0.2, 0) is 16.1 Å². The molecule has 0 unspecified atom stereocenters. The molecule has 0 amide bonds. The summed E-state index contributed by atoms with van der Waals surface area (Å²) in [5, 5.41) is 0. The maximum Gasteiger partial charge on any atom is 0.309 e. The molecule has 1 aliphatic carbocycles. The average molecular weight is 352 g/mol. The zero-order valence-electron chi connectivity index (χ0n) is 14.6. The van der Waals surface area contributed by atoms with E-state index in [-0.39, 0.29) is 30.2 Å². The lowest BCUT2D eigenvalue weighted by Crippen LogP contribution is -2.15. The van der Waals surface area contributed by atoms with Crippen molar-refractivity contribution < 1.29 is 23.8 Å². The summed E-state index contributed by atoms with van der Waals surface area (Å²) < 4.78 is 16.6. The van der Waals surface area contributed by atoms with Gasteiger partial charge in [0.1, 0.15) is 19.8 Å². The minimum Gasteiger partial charge on any atom is -0.486 e. The molecule has 26 heavy (non-hydrogen) atoms. The molecule has 4 rings (SSSR count). The van der Waals surface area contributed by atoms with Crippen LogP contribution in [0.4, 0.5) is 0 Å². The molecule has 2 aromatic carbocycles. The molecule has 1 aliphatic heterocycles. The quantitative estimate of drug-likeness (QED) is 0.609. The Balaban J connectivity index is 1.36. The van der Waals surface area contributed by atoms with Crippen molar-refractivity contribution in [3.05, 3.63) is 59.2 Å². The van der Waals surface area contributed by atoms with Gasteiger partial charge in [-0.3, -0.25) is 9.59 Å². The topological polar surface area (TPSA) is 61.8 Å². The van der Waals surface area contributed by atoms with E-state index in [4.69, 9.17) is 14.2 Å². The van der Waals surface area contributed by atoms with E-state index in [1.54, 1.807) is 18.2 Å². The standard InChI is InChI=1S/C21H20O5/c1-13(22)15-4-2-3-14(9-15)12-26-21(23)18-11-17(18)16-5-6-19-20(10-16)25-8-7-24-19/h2-6,9-10,17-18H,7-8,11-12H2,1H3/t17-,18+/m1/s1. The molecule has 2 atom stereocenters. The largest absolute Gasteiger partial charge is 0.486 e. The molecule has 0 spiro atoms. The highest BCUT2D eigenvalue weighted by Crippen LogP contribution is 2.50. The number of fused-ring (bicyclic) bond motifs is 1. The van der Waals surface area contributed by atoms with Gasteiger partial charge in [0.25, 0.3) is 0 Å². The zero-order chi connectivity index (χ0) is 18.1. The Hall–Kier alpha value is -2.82. The Labute approximate surface area is 151 Å². The van der Waals surface area contributed by atoms with Gasteiger partial charge in [-0.25, -0.2) is 0 Å². The van der Waals surface area contributed by atoms with Crippen LogP contribution in [0.25, 0.3) is 0 Å². The zero-order valence-corrected chi connectivity index (χ0v) is 14.6. The molecule has 0 bridgehead atoms. The molecule has 5 nitrogen and oxygen atoms in total. The van der Waals surface area contributed by atoms with Crippen molar-refractivity contribution >= 4 is 11.8 Å². The van der Waals surface area contributed by atoms with Crippen LogP contribution in [-0.4, -0.2) is 25.0 Å². The fourth-order valence-electron chi connectivity index (χ4n) is 3.26. The monoisotopic (exact) mass is 352 g/mol. The summed E-state index contributed by atoms with van der Waals surface area (Å²) >= 11 is 0. The van der Waals surface area contributed by atoms with Crippen molar-refractivity contribution in [1.82, 2.24) is 0 Å². The number of Topliss-reactive ketones (excluding diaryl/α,β-unsaturated/α-hetero) is 1. The molecule has 134 valence electrons. The van der Waals surface area contributed by atoms with Gasteiger partial charge in [0.05, 0.1) is 5.92 Å². The number of rotatable bonds is 5. The SMILES string of the molecule is CC(=O)c1cccc(COC(=O)[C@H]2C[C@@H]2c2ccc3c(c2)OCCO3)c1. The molecule has 0 aromatic heterocycles. The summed E-state index contributed by atoms with van der Waals surface area (Å²) in [7, 11) is 0. The van der Waals surface area contributed by atoms with Gasteiger partial charge in [-0.1, -0.05) is 24.3 Å². The van der Waals surface area contributed by atoms with E-state index < -0.39 is 0 Å². The number of carbonyl (C=O) groups is 2. The average Bonchev–Trinajstić information content (AvgIpc) is 3.47. The van der Waals surface area contributed by atoms with E-state index in [0.717, 1.165) is 29.0 Å². The number of benzene rings is 2. The third kappa shape index (κ3) is 3.43. The molecular weight excluding hydrogens is 332 g/mol. The van der Waals surface area contributed by atoms with E-state index in [0.29, 0.717) is 18.8 Å². The predicted octanol–water partition coefficient (Wildman–Crippen LogP) is 3.51. The van der Waals surface area contributed by atoms with Crippen molar-refractivity contribution in [2.45, 2.75) is 25.9 Å². The van der Waals surface area contributed by atoms with Crippen LogP contribution in [0.15, 0.2) is 42.5 Å². The Morgan fingerprint density at radius 3 is 2.69 bits per heavy atom. The van der Waals surface area contributed by atoms with Crippen molar-refractivity contribution in [3.63, 3.8) is 0 Å². The molecule has 0 saturated heterocycles. The summed E-state index contributed by atoms with van der Waals surface area (Å²) in [6.07, 6.45) is 0.784. The summed E-state index contributed by atoms with van der Waals surface area (Å²) in [6.45, 7) is 2.82. The van der Waals surface area contributed by atoms with Gasteiger partial charge in [-0.2, -0.15) is 0 Å². The lowest BCUT2D eigenvalue weighted by Gasteiger charge is -2.18. The van der Waals surface area contributed by atoms with Gasteiger partial charge in [-0.15, -0.1) is 0 Å². The molecule has 2 aliphatic rings. The second-order valence-corrected chi connectivity index (χ2v) is 6.72. The number of ketones is 1. The molecule has 5 heteroatoms. The number of esters is 1.